The fraction of sp³-hybridized carbons (Fsp3) is 0.400. The van der Waals surface area contributed by atoms with Gasteiger partial charge in [-0.05, 0) is 31.0 Å². The van der Waals surface area contributed by atoms with Crippen molar-refractivity contribution in [1.82, 2.24) is 0 Å². The highest BCUT2D eigenvalue weighted by Crippen LogP contribution is 2.26. The van der Waals surface area contributed by atoms with Crippen molar-refractivity contribution >= 4 is 17.3 Å². The van der Waals surface area contributed by atoms with Gasteiger partial charge in [0.15, 0.2) is 0 Å². The van der Waals surface area contributed by atoms with Gasteiger partial charge in [-0.2, -0.15) is 0 Å². The Labute approximate surface area is 118 Å². The quantitative estimate of drug-likeness (QED) is 0.823. The second kappa shape index (κ2) is 6.40. The number of amides is 1. The van der Waals surface area contributed by atoms with Gasteiger partial charge < -0.3 is 16.0 Å². The molecule has 0 aliphatic carbocycles. The second-order valence-electron chi connectivity index (χ2n) is 4.86. The SMILES string of the molecule is C#CCC(N)C(=O)Nc1ccc(N2CCCC2)c(F)c1. The van der Waals surface area contributed by atoms with Crippen molar-refractivity contribution in [3.05, 3.63) is 24.0 Å². The van der Waals surface area contributed by atoms with E-state index in [4.69, 9.17) is 12.2 Å². The predicted molar refractivity (Wildman–Crippen MR) is 77.9 cm³/mol. The summed E-state index contributed by atoms with van der Waals surface area (Å²) in [4.78, 5) is 13.7. The van der Waals surface area contributed by atoms with Crippen LogP contribution in [0.4, 0.5) is 15.8 Å². The third-order valence-corrected chi connectivity index (χ3v) is 3.34. The van der Waals surface area contributed by atoms with E-state index in [0.717, 1.165) is 25.9 Å². The lowest BCUT2D eigenvalue weighted by Crippen LogP contribution is -2.35. The summed E-state index contributed by atoms with van der Waals surface area (Å²) < 4.78 is 14.0. The van der Waals surface area contributed by atoms with Crippen LogP contribution in [0.5, 0.6) is 0 Å². The predicted octanol–water partition coefficient (Wildman–Crippen LogP) is 1.71. The Morgan fingerprint density at radius 1 is 1.50 bits per heavy atom. The molecule has 1 unspecified atom stereocenters. The summed E-state index contributed by atoms with van der Waals surface area (Å²) in [5, 5.41) is 2.57. The number of nitrogens with two attached hydrogens (primary N) is 1. The smallest absolute Gasteiger partial charge is 0.242 e. The molecule has 1 heterocycles. The van der Waals surface area contributed by atoms with Crippen LogP contribution in [-0.2, 0) is 4.79 Å². The summed E-state index contributed by atoms with van der Waals surface area (Å²) in [5.41, 5.74) is 6.56. The van der Waals surface area contributed by atoms with Gasteiger partial charge in [0.25, 0.3) is 0 Å². The Morgan fingerprint density at radius 2 is 2.20 bits per heavy atom. The van der Waals surface area contributed by atoms with E-state index in [1.807, 2.05) is 4.90 Å². The van der Waals surface area contributed by atoms with E-state index in [9.17, 15) is 9.18 Å². The third-order valence-electron chi connectivity index (χ3n) is 3.34. The van der Waals surface area contributed by atoms with Gasteiger partial charge in [-0.1, -0.05) is 0 Å². The van der Waals surface area contributed by atoms with Gasteiger partial charge in [-0.15, -0.1) is 12.3 Å². The molecule has 0 spiro atoms. The first kappa shape index (κ1) is 14.4. The summed E-state index contributed by atoms with van der Waals surface area (Å²) in [6.07, 6.45) is 7.42. The fourth-order valence-electron chi connectivity index (χ4n) is 2.25. The molecule has 106 valence electrons. The lowest BCUT2D eigenvalue weighted by atomic mass is 10.2. The lowest BCUT2D eigenvalue weighted by Gasteiger charge is -2.19. The number of anilines is 2. The molecule has 0 radical (unpaired) electrons. The number of nitrogens with one attached hydrogen (secondary N) is 1. The Balaban J connectivity index is 2.05. The summed E-state index contributed by atoms with van der Waals surface area (Å²) in [6.45, 7) is 1.74. The van der Waals surface area contributed by atoms with Crippen molar-refractivity contribution in [1.29, 1.82) is 0 Å². The summed E-state index contributed by atoms with van der Waals surface area (Å²) in [5.74, 6) is 1.58. The number of rotatable bonds is 4. The minimum Gasteiger partial charge on any atom is -0.369 e. The van der Waals surface area contributed by atoms with E-state index >= 15 is 0 Å². The first-order valence-corrected chi connectivity index (χ1v) is 6.66. The Hall–Kier alpha value is -2.06. The zero-order valence-electron chi connectivity index (χ0n) is 11.2. The van der Waals surface area contributed by atoms with Gasteiger partial charge in [-0.25, -0.2) is 4.39 Å². The van der Waals surface area contributed by atoms with Gasteiger partial charge in [0, 0.05) is 25.2 Å². The number of benzene rings is 1. The number of hydrogen-bond donors (Lipinski definition) is 2. The molecular formula is C15H18FN3O. The molecule has 1 amide bonds. The Bertz CT molecular complexity index is 532. The normalized spacial score (nSPS) is 15.8. The van der Waals surface area contributed by atoms with E-state index in [2.05, 4.69) is 11.2 Å². The first-order chi connectivity index (χ1) is 9.61. The number of hydrogen-bond acceptors (Lipinski definition) is 3. The van der Waals surface area contributed by atoms with Crippen LogP contribution in [0, 0.1) is 18.2 Å². The van der Waals surface area contributed by atoms with Crippen LogP contribution < -0.4 is 16.0 Å². The molecule has 0 aromatic heterocycles. The summed E-state index contributed by atoms with van der Waals surface area (Å²) in [6, 6.07) is 3.90. The number of halogens is 1. The van der Waals surface area contributed by atoms with Gasteiger partial charge in [-0.3, -0.25) is 4.79 Å². The van der Waals surface area contributed by atoms with Crippen LogP contribution >= 0.6 is 0 Å². The standard InChI is InChI=1S/C15H18FN3O/c1-2-5-13(17)15(20)18-11-6-7-14(12(16)10-11)19-8-3-4-9-19/h1,6-7,10,13H,3-5,8-9,17H2,(H,18,20). The second-order valence-corrected chi connectivity index (χ2v) is 4.86. The highest BCUT2D eigenvalue weighted by Gasteiger charge is 2.17. The first-order valence-electron chi connectivity index (χ1n) is 6.66. The van der Waals surface area contributed by atoms with E-state index < -0.39 is 11.9 Å². The van der Waals surface area contributed by atoms with Crippen LogP contribution in [0.3, 0.4) is 0 Å². The van der Waals surface area contributed by atoms with Gasteiger partial charge in [0.05, 0.1) is 11.7 Å². The van der Waals surface area contributed by atoms with Crippen molar-refractivity contribution in [3.8, 4) is 12.3 Å². The van der Waals surface area contributed by atoms with Crippen LogP contribution in [0.1, 0.15) is 19.3 Å². The van der Waals surface area contributed by atoms with Gasteiger partial charge in [0.1, 0.15) is 5.82 Å². The average molecular weight is 275 g/mol. The minimum absolute atomic E-state index is 0.153. The van der Waals surface area contributed by atoms with Crippen molar-refractivity contribution in [3.63, 3.8) is 0 Å². The Kier molecular flexibility index (Phi) is 4.59. The van der Waals surface area contributed by atoms with Crippen molar-refractivity contribution < 1.29 is 9.18 Å². The lowest BCUT2D eigenvalue weighted by molar-refractivity contribution is -0.117. The molecule has 2 rings (SSSR count). The third kappa shape index (κ3) is 3.28. The molecule has 1 aromatic carbocycles. The van der Waals surface area contributed by atoms with Gasteiger partial charge >= 0.3 is 0 Å². The monoisotopic (exact) mass is 275 g/mol. The van der Waals surface area contributed by atoms with Crippen LogP contribution in [0.2, 0.25) is 0 Å². The van der Waals surface area contributed by atoms with Crippen LogP contribution in [0.25, 0.3) is 0 Å². The molecule has 3 N–H and O–H groups in total. The molecule has 1 fully saturated rings. The average Bonchev–Trinajstić information content (AvgIpc) is 2.93. The van der Waals surface area contributed by atoms with E-state index in [-0.39, 0.29) is 12.2 Å². The van der Waals surface area contributed by atoms with Crippen LogP contribution in [0.15, 0.2) is 18.2 Å². The maximum atomic E-state index is 14.0. The molecule has 1 aromatic rings. The highest BCUT2D eigenvalue weighted by atomic mass is 19.1. The summed E-state index contributed by atoms with van der Waals surface area (Å²) >= 11 is 0. The van der Waals surface area contributed by atoms with Gasteiger partial charge in [0.2, 0.25) is 5.91 Å². The number of terminal acetylenes is 1. The molecule has 1 aliphatic rings. The largest absolute Gasteiger partial charge is 0.369 e. The Morgan fingerprint density at radius 3 is 2.80 bits per heavy atom. The van der Waals surface area contributed by atoms with Crippen molar-refractivity contribution in [2.24, 2.45) is 5.73 Å². The molecule has 0 saturated carbocycles. The molecule has 1 atom stereocenters. The molecule has 1 aliphatic heterocycles. The summed E-state index contributed by atoms with van der Waals surface area (Å²) in [7, 11) is 0. The molecule has 4 nitrogen and oxygen atoms in total. The molecule has 5 heteroatoms. The zero-order chi connectivity index (χ0) is 14.5. The van der Waals surface area contributed by atoms with Crippen molar-refractivity contribution in [2.75, 3.05) is 23.3 Å². The van der Waals surface area contributed by atoms with E-state index in [1.54, 1.807) is 12.1 Å². The number of carbonyl (C=O) groups is 1. The number of carbonyl (C=O) groups excluding carboxylic acids is 1. The van der Waals surface area contributed by atoms with Crippen molar-refractivity contribution in [2.45, 2.75) is 25.3 Å². The van der Waals surface area contributed by atoms with Crippen LogP contribution in [-0.4, -0.2) is 25.0 Å². The topological polar surface area (TPSA) is 58.4 Å². The fourth-order valence-corrected chi connectivity index (χ4v) is 2.25. The maximum absolute atomic E-state index is 14.0. The van der Waals surface area contributed by atoms with E-state index in [0.29, 0.717) is 11.4 Å². The number of nitrogens with zero attached hydrogens (tertiary/aromatic N) is 1. The maximum Gasteiger partial charge on any atom is 0.242 e. The zero-order valence-corrected chi connectivity index (χ0v) is 11.2. The molecule has 1 saturated heterocycles. The molecule has 0 bridgehead atoms. The molecule has 20 heavy (non-hydrogen) atoms. The highest BCUT2D eigenvalue weighted by molar-refractivity contribution is 5.95. The molecular weight excluding hydrogens is 257 g/mol. The van der Waals surface area contributed by atoms with E-state index in [1.165, 1.54) is 6.07 Å². The minimum atomic E-state index is -0.777.